The van der Waals surface area contributed by atoms with Crippen LogP contribution in [-0.4, -0.2) is 19.6 Å². The molecule has 1 saturated carbocycles. The Bertz CT molecular complexity index is 333. The van der Waals surface area contributed by atoms with Crippen LogP contribution in [0.2, 0.25) is 0 Å². The molecular formula is C10H19NO3S. The van der Waals surface area contributed by atoms with E-state index in [4.69, 9.17) is 0 Å². The van der Waals surface area contributed by atoms with E-state index in [2.05, 4.69) is 4.72 Å². The molecule has 0 aromatic rings. The maximum Gasteiger partial charge on any atom is 0.237 e. The first kappa shape index (κ1) is 12.5. The number of sulfonamides is 1. The van der Waals surface area contributed by atoms with Gasteiger partial charge < -0.3 is 0 Å². The maximum absolute atomic E-state index is 11.7. The van der Waals surface area contributed by atoms with Gasteiger partial charge >= 0.3 is 0 Å². The summed E-state index contributed by atoms with van der Waals surface area (Å²) in [5, 5.41) is -0.449. The van der Waals surface area contributed by atoms with Gasteiger partial charge in [-0.25, -0.2) is 8.42 Å². The third-order valence-corrected chi connectivity index (χ3v) is 5.07. The Morgan fingerprint density at radius 3 is 2.20 bits per heavy atom. The summed E-state index contributed by atoms with van der Waals surface area (Å²) in [5.41, 5.74) is 0. The molecule has 2 atom stereocenters. The smallest absolute Gasteiger partial charge is 0.237 e. The highest BCUT2D eigenvalue weighted by atomic mass is 32.2. The van der Waals surface area contributed by atoms with Crippen molar-refractivity contribution in [1.29, 1.82) is 0 Å². The van der Waals surface area contributed by atoms with Crippen LogP contribution < -0.4 is 4.72 Å². The van der Waals surface area contributed by atoms with E-state index in [0.29, 0.717) is 18.8 Å². The van der Waals surface area contributed by atoms with Crippen molar-refractivity contribution in [3.63, 3.8) is 0 Å². The lowest BCUT2D eigenvalue weighted by molar-refractivity contribution is -0.120. The average molecular weight is 233 g/mol. The summed E-state index contributed by atoms with van der Waals surface area (Å²) < 4.78 is 25.6. The molecule has 0 spiro atoms. The molecule has 0 aromatic heterocycles. The Balaban J connectivity index is 2.59. The van der Waals surface area contributed by atoms with Crippen LogP contribution in [0.25, 0.3) is 0 Å². The Morgan fingerprint density at radius 1 is 1.40 bits per heavy atom. The molecule has 1 aliphatic carbocycles. The minimum Gasteiger partial charge on any atom is -0.274 e. The van der Waals surface area contributed by atoms with Gasteiger partial charge in [-0.1, -0.05) is 20.8 Å². The van der Waals surface area contributed by atoms with E-state index >= 15 is 0 Å². The first-order valence-electron chi connectivity index (χ1n) is 5.47. The molecule has 0 bridgehead atoms. The lowest BCUT2D eigenvalue weighted by Crippen LogP contribution is -2.38. The Hall–Kier alpha value is -0.580. The molecule has 4 nitrogen and oxygen atoms in total. The van der Waals surface area contributed by atoms with Crippen LogP contribution in [0, 0.1) is 11.8 Å². The summed E-state index contributed by atoms with van der Waals surface area (Å²) >= 11 is 0. The van der Waals surface area contributed by atoms with E-state index in [1.165, 1.54) is 0 Å². The third kappa shape index (κ3) is 2.93. The molecule has 1 amide bonds. The van der Waals surface area contributed by atoms with Crippen molar-refractivity contribution in [2.24, 2.45) is 11.8 Å². The van der Waals surface area contributed by atoms with Crippen molar-refractivity contribution in [1.82, 2.24) is 4.72 Å². The van der Waals surface area contributed by atoms with E-state index in [9.17, 15) is 13.2 Å². The second kappa shape index (κ2) is 4.51. The summed E-state index contributed by atoms with van der Waals surface area (Å²) in [5.74, 6) is -0.0783. The van der Waals surface area contributed by atoms with Gasteiger partial charge in [-0.3, -0.25) is 9.52 Å². The van der Waals surface area contributed by atoms with Gasteiger partial charge in [-0.15, -0.1) is 0 Å². The van der Waals surface area contributed by atoms with E-state index in [1.807, 2.05) is 20.8 Å². The predicted molar refractivity (Wildman–Crippen MR) is 58.7 cm³/mol. The molecule has 1 N–H and O–H groups in total. The van der Waals surface area contributed by atoms with Crippen molar-refractivity contribution < 1.29 is 13.2 Å². The van der Waals surface area contributed by atoms with Crippen molar-refractivity contribution in [2.45, 2.75) is 45.3 Å². The highest BCUT2D eigenvalue weighted by Crippen LogP contribution is 2.37. The summed E-state index contributed by atoms with van der Waals surface area (Å²) in [4.78, 5) is 11.5. The molecular weight excluding hydrogens is 214 g/mol. The van der Waals surface area contributed by atoms with Gasteiger partial charge in [0, 0.05) is 5.92 Å². The fourth-order valence-corrected chi connectivity index (χ4v) is 3.19. The Morgan fingerprint density at radius 2 is 1.87 bits per heavy atom. The SMILES string of the molecule is CCC(CC)S(=O)(=O)NC(=O)[C@@H]1C[C@@H]1C. The van der Waals surface area contributed by atoms with Crippen LogP contribution >= 0.6 is 0 Å². The summed E-state index contributed by atoms with van der Waals surface area (Å²) in [6, 6.07) is 0. The molecule has 5 heteroatoms. The minimum absolute atomic E-state index is 0.0888. The fraction of sp³-hybridized carbons (Fsp3) is 0.900. The minimum atomic E-state index is -3.45. The Labute approximate surface area is 91.5 Å². The van der Waals surface area contributed by atoms with Crippen molar-refractivity contribution in [2.75, 3.05) is 0 Å². The maximum atomic E-state index is 11.7. The van der Waals surface area contributed by atoms with E-state index < -0.39 is 15.3 Å². The quantitative estimate of drug-likeness (QED) is 0.778. The molecule has 15 heavy (non-hydrogen) atoms. The highest BCUT2D eigenvalue weighted by molar-refractivity contribution is 7.90. The lowest BCUT2D eigenvalue weighted by Gasteiger charge is -2.14. The number of carbonyl (C=O) groups is 1. The summed E-state index contributed by atoms with van der Waals surface area (Å²) in [7, 11) is -3.45. The first-order chi connectivity index (χ1) is 6.92. The lowest BCUT2D eigenvalue weighted by atomic mass is 10.3. The summed E-state index contributed by atoms with van der Waals surface area (Å²) in [6.07, 6.45) is 1.89. The molecule has 0 saturated heterocycles. The normalized spacial score (nSPS) is 25.3. The van der Waals surface area contributed by atoms with E-state index in [1.54, 1.807) is 0 Å². The van der Waals surface area contributed by atoms with Crippen LogP contribution in [0.5, 0.6) is 0 Å². The number of nitrogens with one attached hydrogen (secondary N) is 1. The van der Waals surface area contributed by atoms with Gasteiger partial charge in [-0.2, -0.15) is 0 Å². The highest BCUT2D eigenvalue weighted by Gasteiger charge is 2.41. The fourth-order valence-electron chi connectivity index (χ4n) is 1.71. The molecule has 0 unspecified atom stereocenters. The standard InChI is InChI=1S/C10H19NO3S/c1-4-8(5-2)15(13,14)11-10(12)9-6-7(9)3/h7-9H,4-6H2,1-3H3,(H,11,12)/t7-,9+/m0/s1. The van der Waals surface area contributed by atoms with Gasteiger partial charge in [0.1, 0.15) is 0 Å². The number of carbonyl (C=O) groups excluding carboxylic acids is 1. The first-order valence-corrected chi connectivity index (χ1v) is 7.02. The van der Waals surface area contributed by atoms with Crippen LogP contribution in [0.3, 0.4) is 0 Å². The molecule has 88 valence electrons. The van der Waals surface area contributed by atoms with Crippen molar-refractivity contribution >= 4 is 15.9 Å². The largest absolute Gasteiger partial charge is 0.274 e. The van der Waals surface area contributed by atoms with E-state index in [-0.39, 0.29) is 11.8 Å². The van der Waals surface area contributed by atoms with Gasteiger partial charge in [0.05, 0.1) is 5.25 Å². The number of hydrogen-bond acceptors (Lipinski definition) is 3. The van der Waals surface area contributed by atoms with Crippen LogP contribution in [0.15, 0.2) is 0 Å². The number of rotatable bonds is 5. The van der Waals surface area contributed by atoms with Crippen LogP contribution in [0.1, 0.15) is 40.0 Å². The molecule has 1 aliphatic rings. The van der Waals surface area contributed by atoms with Crippen molar-refractivity contribution in [3.05, 3.63) is 0 Å². The number of hydrogen-bond donors (Lipinski definition) is 1. The van der Waals surface area contributed by atoms with Crippen LogP contribution in [0.4, 0.5) is 0 Å². The second-order valence-electron chi connectivity index (χ2n) is 4.27. The summed E-state index contributed by atoms with van der Waals surface area (Å²) in [6.45, 7) is 5.59. The Kier molecular flexibility index (Phi) is 3.76. The second-order valence-corrected chi connectivity index (χ2v) is 6.23. The molecule has 0 aromatic carbocycles. The monoisotopic (exact) mass is 233 g/mol. The van der Waals surface area contributed by atoms with Gasteiger partial charge in [0.25, 0.3) is 0 Å². The van der Waals surface area contributed by atoms with Gasteiger partial charge in [0.15, 0.2) is 0 Å². The third-order valence-electron chi connectivity index (χ3n) is 3.04. The topological polar surface area (TPSA) is 63.2 Å². The molecule has 1 rings (SSSR count). The molecule has 0 aliphatic heterocycles. The van der Waals surface area contributed by atoms with Crippen molar-refractivity contribution in [3.8, 4) is 0 Å². The molecule has 1 fully saturated rings. The van der Waals surface area contributed by atoms with Gasteiger partial charge in [-0.05, 0) is 25.2 Å². The van der Waals surface area contributed by atoms with E-state index in [0.717, 1.165) is 6.42 Å². The zero-order valence-electron chi connectivity index (χ0n) is 9.49. The molecule has 0 heterocycles. The average Bonchev–Trinajstić information content (AvgIpc) is 2.83. The zero-order valence-corrected chi connectivity index (χ0v) is 10.3. The number of amides is 1. The van der Waals surface area contributed by atoms with Crippen LogP contribution in [-0.2, 0) is 14.8 Å². The molecule has 0 radical (unpaired) electrons. The van der Waals surface area contributed by atoms with Gasteiger partial charge in [0.2, 0.25) is 15.9 Å². The predicted octanol–water partition coefficient (Wildman–Crippen LogP) is 1.28. The zero-order chi connectivity index (χ0) is 11.6.